The third kappa shape index (κ3) is 4.49. The first-order chi connectivity index (χ1) is 12.9. The van der Waals surface area contributed by atoms with Crippen molar-refractivity contribution in [3.8, 4) is 0 Å². The molecule has 0 spiro atoms. The minimum absolute atomic E-state index is 0.0698. The lowest BCUT2D eigenvalue weighted by molar-refractivity contribution is -0.153. The van der Waals surface area contributed by atoms with E-state index in [9.17, 15) is 18.8 Å². The molecule has 0 radical (unpaired) electrons. The minimum atomic E-state index is -1.02. The van der Waals surface area contributed by atoms with Gasteiger partial charge in [0.2, 0.25) is 5.91 Å². The van der Waals surface area contributed by atoms with Gasteiger partial charge in [0.1, 0.15) is 12.4 Å². The molecule has 7 heteroatoms. The molecule has 0 saturated carbocycles. The lowest BCUT2D eigenvalue weighted by atomic mass is 10.1. The second-order valence-corrected chi connectivity index (χ2v) is 6.25. The largest absolute Gasteiger partial charge is 0.453 e. The Bertz CT molecular complexity index is 867. The fraction of sp³-hybridized carbons (Fsp3) is 0.250. The molecule has 1 atom stereocenters. The van der Waals surface area contributed by atoms with Crippen LogP contribution in [0.4, 0.5) is 15.8 Å². The summed E-state index contributed by atoms with van der Waals surface area (Å²) in [4.78, 5) is 37.9. The third-order valence-corrected chi connectivity index (χ3v) is 4.22. The molecule has 0 aromatic heterocycles. The molecule has 0 bridgehead atoms. The Kier molecular flexibility index (Phi) is 5.49. The van der Waals surface area contributed by atoms with Crippen LogP contribution in [-0.2, 0) is 25.5 Å². The highest BCUT2D eigenvalue weighted by Gasteiger charge is 2.31. The number of carbonyl (C=O) groups excluding carboxylic acids is 3. The topological polar surface area (TPSA) is 75.7 Å². The first-order valence-corrected chi connectivity index (χ1v) is 8.58. The van der Waals surface area contributed by atoms with Gasteiger partial charge in [-0.05, 0) is 43.2 Å². The van der Waals surface area contributed by atoms with Gasteiger partial charge in [0.15, 0.2) is 6.10 Å². The lowest BCUT2D eigenvalue weighted by Crippen LogP contribution is -2.47. The smallest absolute Gasteiger partial charge is 0.306 e. The molecule has 1 N–H and O–H groups in total. The monoisotopic (exact) mass is 370 g/mol. The van der Waals surface area contributed by atoms with Crippen molar-refractivity contribution in [2.75, 3.05) is 16.8 Å². The first kappa shape index (κ1) is 18.6. The predicted octanol–water partition coefficient (Wildman–Crippen LogP) is 2.68. The van der Waals surface area contributed by atoms with Crippen LogP contribution in [0.25, 0.3) is 0 Å². The van der Waals surface area contributed by atoms with E-state index in [1.54, 1.807) is 36.4 Å². The summed E-state index contributed by atoms with van der Waals surface area (Å²) < 4.78 is 18.1. The predicted molar refractivity (Wildman–Crippen MR) is 97.7 cm³/mol. The summed E-state index contributed by atoms with van der Waals surface area (Å²) in [5.74, 6) is -1.65. The average molecular weight is 370 g/mol. The fourth-order valence-electron chi connectivity index (χ4n) is 2.85. The number of ether oxygens (including phenoxy) is 1. The number of hydrogen-bond donors (Lipinski definition) is 1. The number of rotatable bonds is 5. The van der Waals surface area contributed by atoms with Gasteiger partial charge < -0.3 is 10.1 Å². The number of fused-ring (bicyclic) bond motifs is 1. The van der Waals surface area contributed by atoms with E-state index in [4.69, 9.17) is 4.74 Å². The molecule has 1 heterocycles. The first-order valence-electron chi connectivity index (χ1n) is 8.58. The molecule has 0 fully saturated rings. The van der Waals surface area contributed by atoms with E-state index < -0.39 is 18.0 Å². The quantitative estimate of drug-likeness (QED) is 0.821. The van der Waals surface area contributed by atoms with Crippen molar-refractivity contribution in [1.82, 2.24) is 0 Å². The zero-order chi connectivity index (χ0) is 19.4. The highest BCUT2D eigenvalue weighted by Crippen LogP contribution is 2.29. The Hall–Kier alpha value is -3.22. The molecule has 2 aromatic rings. The summed E-state index contributed by atoms with van der Waals surface area (Å²) >= 11 is 0. The Morgan fingerprint density at radius 1 is 1.19 bits per heavy atom. The van der Waals surface area contributed by atoms with E-state index in [0.29, 0.717) is 17.8 Å². The van der Waals surface area contributed by atoms with Crippen molar-refractivity contribution < 1.29 is 23.5 Å². The van der Waals surface area contributed by atoms with E-state index in [1.807, 2.05) is 0 Å². The summed E-state index contributed by atoms with van der Waals surface area (Å²) in [7, 11) is 0. The number of amides is 2. The van der Waals surface area contributed by atoms with E-state index in [2.05, 4.69) is 5.32 Å². The van der Waals surface area contributed by atoms with Crippen molar-refractivity contribution in [2.24, 2.45) is 0 Å². The number of anilines is 2. The van der Waals surface area contributed by atoms with Crippen LogP contribution < -0.4 is 10.2 Å². The number of hydrogen-bond acceptors (Lipinski definition) is 4. The van der Waals surface area contributed by atoms with Crippen molar-refractivity contribution in [2.45, 2.75) is 25.9 Å². The van der Waals surface area contributed by atoms with Crippen molar-refractivity contribution in [1.29, 1.82) is 0 Å². The van der Waals surface area contributed by atoms with Crippen LogP contribution in [-0.4, -0.2) is 30.4 Å². The Balaban J connectivity index is 1.59. The number of nitrogens with one attached hydrogen (secondary N) is 1. The zero-order valence-electron chi connectivity index (χ0n) is 14.8. The Labute approximate surface area is 155 Å². The molecule has 27 heavy (non-hydrogen) atoms. The average Bonchev–Trinajstić information content (AvgIpc) is 2.66. The molecule has 0 unspecified atom stereocenters. The van der Waals surface area contributed by atoms with E-state index in [1.165, 1.54) is 24.0 Å². The van der Waals surface area contributed by atoms with Gasteiger partial charge in [-0.1, -0.05) is 24.3 Å². The summed E-state index contributed by atoms with van der Waals surface area (Å²) in [6, 6.07) is 12.8. The number of para-hydroxylation sites is 2. The van der Waals surface area contributed by atoms with Crippen LogP contribution in [0.1, 0.15) is 18.9 Å². The highest BCUT2D eigenvalue weighted by atomic mass is 19.1. The van der Waals surface area contributed by atoms with Crippen LogP contribution in [0.5, 0.6) is 0 Å². The van der Waals surface area contributed by atoms with Crippen LogP contribution in [0.3, 0.4) is 0 Å². The molecular formula is C20H19FN2O4. The van der Waals surface area contributed by atoms with Crippen LogP contribution in [0.2, 0.25) is 0 Å². The van der Waals surface area contributed by atoms with Gasteiger partial charge in [0, 0.05) is 6.42 Å². The maximum Gasteiger partial charge on any atom is 0.306 e. The molecule has 0 aliphatic carbocycles. The number of halogens is 1. The maximum atomic E-state index is 12.9. The standard InChI is InChI=1S/C20H19FN2O4/c1-13(27-19(25)11-8-14-6-9-15(21)10-7-14)20(26)23-12-18(24)22-16-4-2-3-5-17(16)23/h2-7,9-10,13H,8,11-12H2,1H3,(H,22,24)/t13-/m1/s1. The Morgan fingerprint density at radius 2 is 1.89 bits per heavy atom. The molecule has 1 aliphatic rings. The third-order valence-electron chi connectivity index (χ3n) is 4.22. The second kappa shape index (κ2) is 7.99. The fourth-order valence-corrected chi connectivity index (χ4v) is 2.85. The number of carbonyl (C=O) groups is 3. The number of benzene rings is 2. The normalized spacial score (nSPS) is 14.1. The molecule has 6 nitrogen and oxygen atoms in total. The summed E-state index contributed by atoms with van der Waals surface area (Å²) in [6.07, 6.45) is -0.570. The zero-order valence-corrected chi connectivity index (χ0v) is 14.8. The number of aryl methyl sites for hydroxylation is 1. The van der Waals surface area contributed by atoms with Gasteiger partial charge >= 0.3 is 5.97 Å². The molecule has 3 rings (SSSR count). The molecular weight excluding hydrogens is 351 g/mol. The number of nitrogens with zero attached hydrogens (tertiary/aromatic N) is 1. The van der Waals surface area contributed by atoms with Gasteiger partial charge in [-0.3, -0.25) is 19.3 Å². The molecule has 0 saturated heterocycles. The highest BCUT2D eigenvalue weighted by molar-refractivity contribution is 6.11. The molecule has 140 valence electrons. The van der Waals surface area contributed by atoms with Crippen LogP contribution >= 0.6 is 0 Å². The molecule has 2 aromatic carbocycles. The maximum absolute atomic E-state index is 12.9. The van der Waals surface area contributed by atoms with Crippen LogP contribution in [0, 0.1) is 5.82 Å². The van der Waals surface area contributed by atoms with Gasteiger partial charge in [-0.25, -0.2) is 4.39 Å². The van der Waals surface area contributed by atoms with E-state index in [0.717, 1.165) is 5.56 Å². The minimum Gasteiger partial charge on any atom is -0.453 e. The van der Waals surface area contributed by atoms with Crippen molar-refractivity contribution in [3.05, 3.63) is 59.9 Å². The SMILES string of the molecule is C[C@@H](OC(=O)CCc1ccc(F)cc1)C(=O)N1CC(=O)Nc2ccccc21. The summed E-state index contributed by atoms with van der Waals surface area (Å²) in [5, 5.41) is 2.70. The number of esters is 1. The molecule has 1 aliphatic heterocycles. The van der Waals surface area contributed by atoms with Gasteiger partial charge in [0.05, 0.1) is 11.4 Å². The van der Waals surface area contributed by atoms with Crippen LogP contribution in [0.15, 0.2) is 48.5 Å². The summed E-state index contributed by atoms with van der Waals surface area (Å²) in [5.41, 5.74) is 1.90. The van der Waals surface area contributed by atoms with Gasteiger partial charge in [-0.15, -0.1) is 0 Å². The molecule has 2 amide bonds. The van der Waals surface area contributed by atoms with Crippen molar-refractivity contribution >= 4 is 29.2 Å². The second-order valence-electron chi connectivity index (χ2n) is 6.25. The van der Waals surface area contributed by atoms with E-state index >= 15 is 0 Å². The van der Waals surface area contributed by atoms with Gasteiger partial charge in [0.25, 0.3) is 5.91 Å². The summed E-state index contributed by atoms with van der Waals surface area (Å²) in [6.45, 7) is 1.35. The van der Waals surface area contributed by atoms with Gasteiger partial charge in [-0.2, -0.15) is 0 Å². The Morgan fingerprint density at radius 3 is 2.63 bits per heavy atom. The van der Waals surface area contributed by atoms with E-state index in [-0.39, 0.29) is 24.7 Å². The lowest BCUT2D eigenvalue weighted by Gasteiger charge is -2.30. The van der Waals surface area contributed by atoms with Crippen molar-refractivity contribution in [3.63, 3.8) is 0 Å².